The van der Waals surface area contributed by atoms with Gasteiger partial charge in [0.1, 0.15) is 5.51 Å². The number of hydrogen-bond donors (Lipinski definition) is 1. The molecule has 1 aromatic heterocycles. The summed E-state index contributed by atoms with van der Waals surface area (Å²) in [6.45, 7) is 1.50. The van der Waals surface area contributed by atoms with E-state index >= 15 is 0 Å². The number of nitro benzene ring substituents is 1. The summed E-state index contributed by atoms with van der Waals surface area (Å²) < 4.78 is 39.7. The molecule has 24 heavy (non-hydrogen) atoms. The number of carbonyl (C=O) groups is 1. The molecule has 0 aliphatic rings. The first-order chi connectivity index (χ1) is 11.2. The number of nitro groups is 1. The summed E-state index contributed by atoms with van der Waals surface area (Å²) in [7, 11) is 0. The molecule has 0 saturated heterocycles. The van der Waals surface area contributed by atoms with E-state index in [2.05, 4.69) is 15.5 Å². The molecule has 12 heteroatoms. The van der Waals surface area contributed by atoms with Crippen LogP contribution < -0.4 is 5.32 Å². The lowest BCUT2D eigenvalue weighted by atomic mass is 10.1. The molecule has 0 spiro atoms. The number of non-ortho nitro benzene ring substituents is 1. The highest BCUT2D eigenvalue weighted by molar-refractivity contribution is 8.02. The van der Waals surface area contributed by atoms with Gasteiger partial charge >= 0.3 is 6.18 Å². The van der Waals surface area contributed by atoms with Crippen LogP contribution in [0.5, 0.6) is 0 Å². The van der Waals surface area contributed by atoms with Crippen LogP contribution in [0.2, 0.25) is 0 Å². The molecule has 1 N–H and O–H groups in total. The average Bonchev–Trinajstić information content (AvgIpc) is 2.99. The van der Waals surface area contributed by atoms with E-state index in [1.54, 1.807) is 0 Å². The number of hydrogen-bond acceptors (Lipinski definition) is 7. The van der Waals surface area contributed by atoms with Gasteiger partial charge in [-0.15, -0.1) is 10.2 Å². The van der Waals surface area contributed by atoms with Gasteiger partial charge in [-0.2, -0.15) is 13.2 Å². The fourth-order valence-electron chi connectivity index (χ4n) is 1.64. The number of aromatic nitrogens is 2. The average molecular weight is 378 g/mol. The first-order valence-corrected chi connectivity index (χ1v) is 8.03. The predicted octanol–water partition coefficient (Wildman–Crippen LogP) is 3.58. The Bertz CT molecular complexity index is 753. The lowest BCUT2D eigenvalue weighted by Gasteiger charge is -2.15. The number of anilines is 1. The Balaban J connectivity index is 2.21. The van der Waals surface area contributed by atoms with Gasteiger partial charge in [0, 0.05) is 12.1 Å². The van der Waals surface area contributed by atoms with E-state index < -0.39 is 39.2 Å². The molecule has 0 radical (unpaired) electrons. The first kappa shape index (κ1) is 18.1. The third-order valence-electron chi connectivity index (χ3n) is 2.76. The maximum atomic E-state index is 13.1. The van der Waals surface area contributed by atoms with Gasteiger partial charge in [0.05, 0.1) is 21.4 Å². The Morgan fingerprint density at radius 3 is 2.71 bits per heavy atom. The highest BCUT2D eigenvalue weighted by atomic mass is 32.2. The number of nitrogens with one attached hydrogen (secondary N) is 1. The Labute approximate surface area is 141 Å². The van der Waals surface area contributed by atoms with Crippen molar-refractivity contribution in [3.63, 3.8) is 0 Å². The molecule has 7 nitrogen and oxygen atoms in total. The summed E-state index contributed by atoms with van der Waals surface area (Å²) in [6.07, 6.45) is -4.84. The third-order valence-corrected chi connectivity index (χ3v) is 4.68. The number of rotatable bonds is 5. The molecule has 1 amide bonds. The Morgan fingerprint density at radius 2 is 2.17 bits per heavy atom. The standard InChI is InChI=1S/C12H9F3N4O3S2/c1-6(24-11-18-16-5-23-11)10(20)17-9-3-2-7(19(21)22)4-8(9)12(13,14)15/h2-6H,1H3,(H,17,20)/t6-/m0/s1. The lowest BCUT2D eigenvalue weighted by Crippen LogP contribution is -2.24. The topological polar surface area (TPSA) is 98.0 Å². The van der Waals surface area contributed by atoms with Gasteiger partial charge in [-0.1, -0.05) is 23.1 Å². The summed E-state index contributed by atoms with van der Waals surface area (Å²) in [4.78, 5) is 21.8. The van der Waals surface area contributed by atoms with E-state index in [4.69, 9.17) is 0 Å². The van der Waals surface area contributed by atoms with Crippen molar-refractivity contribution in [2.75, 3.05) is 5.32 Å². The van der Waals surface area contributed by atoms with Gasteiger partial charge in [0.2, 0.25) is 5.91 Å². The summed E-state index contributed by atoms with van der Waals surface area (Å²) >= 11 is 2.24. The highest BCUT2D eigenvalue weighted by Gasteiger charge is 2.36. The lowest BCUT2D eigenvalue weighted by molar-refractivity contribution is -0.385. The molecule has 128 valence electrons. The number of amides is 1. The number of benzene rings is 1. The van der Waals surface area contributed by atoms with Crippen LogP contribution in [0.4, 0.5) is 24.5 Å². The second-order valence-electron chi connectivity index (χ2n) is 4.44. The second kappa shape index (κ2) is 7.13. The van der Waals surface area contributed by atoms with Gasteiger partial charge in [-0.05, 0) is 13.0 Å². The van der Waals surface area contributed by atoms with Crippen molar-refractivity contribution < 1.29 is 22.9 Å². The van der Waals surface area contributed by atoms with Crippen LogP contribution >= 0.6 is 23.1 Å². The molecule has 0 bridgehead atoms. The maximum Gasteiger partial charge on any atom is 0.418 e. The Morgan fingerprint density at radius 1 is 1.46 bits per heavy atom. The quantitative estimate of drug-likeness (QED) is 0.485. The van der Waals surface area contributed by atoms with E-state index in [0.717, 1.165) is 23.9 Å². The Kier molecular flexibility index (Phi) is 5.39. The molecule has 1 heterocycles. The van der Waals surface area contributed by atoms with Crippen molar-refractivity contribution in [3.05, 3.63) is 39.4 Å². The monoisotopic (exact) mass is 378 g/mol. The number of carbonyl (C=O) groups excluding carboxylic acids is 1. The van der Waals surface area contributed by atoms with Gasteiger partial charge in [0.25, 0.3) is 5.69 Å². The number of halogens is 3. The zero-order valence-electron chi connectivity index (χ0n) is 11.9. The first-order valence-electron chi connectivity index (χ1n) is 6.28. The highest BCUT2D eigenvalue weighted by Crippen LogP contribution is 2.37. The summed E-state index contributed by atoms with van der Waals surface area (Å²) in [5, 5.41) is 19.4. The van der Waals surface area contributed by atoms with Crippen molar-refractivity contribution in [2.45, 2.75) is 22.7 Å². The van der Waals surface area contributed by atoms with Crippen molar-refractivity contribution in [2.24, 2.45) is 0 Å². The fraction of sp³-hybridized carbons (Fsp3) is 0.250. The van der Waals surface area contributed by atoms with Crippen LogP contribution in [0.1, 0.15) is 12.5 Å². The molecule has 1 aromatic carbocycles. The minimum absolute atomic E-state index is 0.387. The van der Waals surface area contributed by atoms with Gasteiger partial charge in [0.15, 0.2) is 4.34 Å². The molecule has 2 rings (SSSR count). The molecule has 2 aromatic rings. The number of alkyl halides is 3. The number of thioether (sulfide) groups is 1. The molecule has 0 saturated carbocycles. The summed E-state index contributed by atoms with van der Waals surface area (Å²) in [5.41, 5.74) is -1.07. The molecular weight excluding hydrogens is 369 g/mol. The van der Waals surface area contributed by atoms with E-state index in [1.165, 1.54) is 23.8 Å². The van der Waals surface area contributed by atoms with Gasteiger partial charge in [-0.25, -0.2) is 0 Å². The predicted molar refractivity (Wildman–Crippen MR) is 82.0 cm³/mol. The maximum absolute atomic E-state index is 13.1. The van der Waals surface area contributed by atoms with Gasteiger partial charge in [-0.3, -0.25) is 14.9 Å². The smallest absolute Gasteiger partial charge is 0.325 e. The van der Waals surface area contributed by atoms with E-state index in [9.17, 15) is 28.1 Å². The van der Waals surface area contributed by atoms with Crippen LogP contribution in [0.3, 0.4) is 0 Å². The number of nitrogens with zero attached hydrogens (tertiary/aromatic N) is 3. The zero-order chi connectivity index (χ0) is 17.9. The zero-order valence-corrected chi connectivity index (χ0v) is 13.5. The van der Waals surface area contributed by atoms with E-state index in [0.29, 0.717) is 10.4 Å². The van der Waals surface area contributed by atoms with Crippen LogP contribution in [0, 0.1) is 10.1 Å². The van der Waals surface area contributed by atoms with Crippen LogP contribution in [0.25, 0.3) is 0 Å². The Hall–Kier alpha value is -2.21. The minimum Gasteiger partial charge on any atom is -0.325 e. The van der Waals surface area contributed by atoms with E-state index in [-0.39, 0.29) is 0 Å². The fourth-order valence-corrected chi connectivity index (χ4v) is 3.27. The van der Waals surface area contributed by atoms with Crippen molar-refractivity contribution >= 4 is 40.4 Å². The minimum atomic E-state index is -4.84. The molecule has 0 unspecified atom stereocenters. The molecule has 0 aliphatic heterocycles. The molecule has 0 fully saturated rings. The van der Waals surface area contributed by atoms with Crippen LogP contribution in [-0.4, -0.2) is 26.3 Å². The molecular formula is C12H9F3N4O3S2. The van der Waals surface area contributed by atoms with Crippen LogP contribution in [0.15, 0.2) is 28.0 Å². The summed E-state index contributed by atoms with van der Waals surface area (Å²) in [5.74, 6) is -0.686. The van der Waals surface area contributed by atoms with Gasteiger partial charge < -0.3 is 5.32 Å². The van der Waals surface area contributed by atoms with Crippen molar-refractivity contribution in [3.8, 4) is 0 Å². The molecule has 1 atom stereocenters. The van der Waals surface area contributed by atoms with Crippen LogP contribution in [-0.2, 0) is 11.0 Å². The van der Waals surface area contributed by atoms with Crippen molar-refractivity contribution in [1.82, 2.24) is 10.2 Å². The largest absolute Gasteiger partial charge is 0.418 e. The SMILES string of the molecule is C[C@H](Sc1nncs1)C(=O)Nc1ccc([N+](=O)[O-])cc1C(F)(F)F. The van der Waals surface area contributed by atoms with Crippen molar-refractivity contribution in [1.29, 1.82) is 0 Å². The van der Waals surface area contributed by atoms with E-state index in [1.807, 2.05) is 0 Å². The summed E-state index contributed by atoms with van der Waals surface area (Å²) in [6, 6.07) is 2.15. The molecule has 0 aliphatic carbocycles. The normalized spacial score (nSPS) is 12.7. The second-order valence-corrected chi connectivity index (χ2v) is 6.86. The third kappa shape index (κ3) is 4.41.